The maximum absolute atomic E-state index is 11.8. The van der Waals surface area contributed by atoms with Gasteiger partial charge in [-0.1, -0.05) is 17.7 Å². The van der Waals surface area contributed by atoms with Gasteiger partial charge in [0.2, 0.25) is 5.91 Å². The molecule has 1 atom stereocenters. The monoisotopic (exact) mass is 330 g/mol. The second kappa shape index (κ2) is 6.66. The molecule has 5 nitrogen and oxygen atoms in total. The van der Waals surface area contributed by atoms with Crippen LogP contribution < -0.4 is 10.6 Å². The molecule has 21 heavy (non-hydrogen) atoms. The summed E-state index contributed by atoms with van der Waals surface area (Å²) in [4.78, 5) is 11.8. The van der Waals surface area contributed by atoms with Gasteiger partial charge in [-0.25, -0.2) is 8.42 Å². The smallest absolute Gasteiger partial charge is 0.222 e. The number of carbonyl (C=O) groups excluding carboxylic acids is 1. The Balaban J connectivity index is 1.76. The summed E-state index contributed by atoms with van der Waals surface area (Å²) in [7, 11) is -2.96. The van der Waals surface area contributed by atoms with Crippen LogP contribution in [0.5, 0.6) is 0 Å². The number of nitrogens with one attached hydrogen (secondary N) is 2. The van der Waals surface area contributed by atoms with Crippen LogP contribution in [0.1, 0.15) is 18.4 Å². The highest BCUT2D eigenvalue weighted by Crippen LogP contribution is 2.20. The van der Waals surface area contributed by atoms with Crippen molar-refractivity contribution in [3.05, 3.63) is 28.8 Å². The van der Waals surface area contributed by atoms with Gasteiger partial charge >= 0.3 is 0 Å². The maximum Gasteiger partial charge on any atom is 0.222 e. The number of amides is 1. The van der Waals surface area contributed by atoms with Gasteiger partial charge in [-0.3, -0.25) is 4.79 Å². The molecule has 1 amide bonds. The molecule has 1 fully saturated rings. The molecule has 2 N–H and O–H groups in total. The summed E-state index contributed by atoms with van der Waals surface area (Å²) < 4.78 is 22.6. The molecule has 7 heteroatoms. The first-order valence-corrected chi connectivity index (χ1v) is 9.05. The molecule has 1 aliphatic heterocycles. The van der Waals surface area contributed by atoms with Crippen LogP contribution in [0.3, 0.4) is 0 Å². The number of sulfone groups is 1. The fourth-order valence-corrected chi connectivity index (χ4v) is 4.15. The van der Waals surface area contributed by atoms with Gasteiger partial charge in [-0.2, -0.15) is 0 Å². The lowest BCUT2D eigenvalue weighted by atomic mass is 10.2. The van der Waals surface area contributed by atoms with E-state index in [4.69, 9.17) is 11.6 Å². The van der Waals surface area contributed by atoms with Crippen molar-refractivity contribution >= 4 is 33.0 Å². The normalized spacial score (nSPS) is 20.2. The number of carbonyl (C=O) groups is 1. The minimum Gasteiger partial charge on any atom is -0.384 e. The fraction of sp³-hybridized carbons (Fsp3) is 0.500. The number of aryl methyl sites for hydroxylation is 1. The largest absolute Gasteiger partial charge is 0.384 e. The molecule has 2 rings (SSSR count). The quantitative estimate of drug-likeness (QED) is 0.862. The molecule has 1 heterocycles. The third kappa shape index (κ3) is 4.89. The van der Waals surface area contributed by atoms with Crippen LogP contribution in [0.2, 0.25) is 5.02 Å². The molecule has 0 aromatic heterocycles. The van der Waals surface area contributed by atoms with Gasteiger partial charge in [0.05, 0.1) is 11.5 Å². The van der Waals surface area contributed by atoms with Crippen LogP contribution in [0.4, 0.5) is 5.69 Å². The van der Waals surface area contributed by atoms with Gasteiger partial charge in [-0.05, 0) is 31.0 Å². The summed E-state index contributed by atoms with van der Waals surface area (Å²) in [6, 6.07) is 5.30. The van der Waals surface area contributed by atoms with E-state index in [0.717, 1.165) is 11.3 Å². The van der Waals surface area contributed by atoms with E-state index in [1.54, 1.807) is 0 Å². The summed E-state index contributed by atoms with van der Waals surface area (Å²) in [6.45, 7) is 2.44. The average molecular weight is 331 g/mol. The van der Waals surface area contributed by atoms with Crippen molar-refractivity contribution < 1.29 is 13.2 Å². The molecule has 1 saturated heterocycles. The summed E-state index contributed by atoms with van der Waals surface area (Å²) in [6.07, 6.45) is 0.803. The summed E-state index contributed by atoms with van der Waals surface area (Å²) >= 11 is 5.92. The highest BCUT2D eigenvalue weighted by atomic mass is 35.5. The third-order valence-corrected chi connectivity index (χ3v) is 5.47. The molecule has 0 saturated carbocycles. The predicted octanol–water partition coefficient (Wildman–Crippen LogP) is 1.75. The van der Waals surface area contributed by atoms with Crippen molar-refractivity contribution in [3.8, 4) is 0 Å². The molecule has 0 bridgehead atoms. The van der Waals surface area contributed by atoms with Crippen molar-refractivity contribution in [1.29, 1.82) is 0 Å². The number of rotatable bonds is 5. The second-order valence-electron chi connectivity index (χ2n) is 5.30. The Morgan fingerprint density at radius 3 is 2.86 bits per heavy atom. The summed E-state index contributed by atoms with van der Waals surface area (Å²) in [5.74, 6) is 0.0848. The van der Waals surface area contributed by atoms with E-state index in [0.29, 0.717) is 24.4 Å². The van der Waals surface area contributed by atoms with Crippen molar-refractivity contribution in [2.75, 3.05) is 23.4 Å². The van der Waals surface area contributed by atoms with Gasteiger partial charge in [0.1, 0.15) is 0 Å². The zero-order chi connectivity index (χ0) is 15.5. The van der Waals surface area contributed by atoms with Gasteiger partial charge < -0.3 is 10.6 Å². The van der Waals surface area contributed by atoms with Crippen LogP contribution in [-0.2, 0) is 14.6 Å². The molecular weight excluding hydrogens is 312 g/mol. The van der Waals surface area contributed by atoms with Gasteiger partial charge in [0.15, 0.2) is 9.84 Å². The standard InChI is InChI=1S/C14H19ClN2O3S/c1-10-2-3-11(15)8-13(10)16-6-4-14(18)17-12-5-7-21(19,20)9-12/h2-3,8,12,16H,4-7,9H2,1H3,(H,17,18). The molecule has 1 aromatic carbocycles. The van der Waals surface area contributed by atoms with Crippen molar-refractivity contribution in [1.82, 2.24) is 5.32 Å². The Kier molecular flexibility index (Phi) is 5.11. The Bertz CT molecular complexity index is 631. The maximum atomic E-state index is 11.8. The van der Waals surface area contributed by atoms with Gasteiger partial charge in [0.25, 0.3) is 0 Å². The topological polar surface area (TPSA) is 75.3 Å². The SMILES string of the molecule is Cc1ccc(Cl)cc1NCCC(=O)NC1CCS(=O)(=O)C1. The number of hydrogen-bond acceptors (Lipinski definition) is 4. The first-order chi connectivity index (χ1) is 9.85. The van der Waals surface area contributed by atoms with Crippen molar-refractivity contribution in [2.45, 2.75) is 25.8 Å². The van der Waals surface area contributed by atoms with Crippen LogP contribution in [0.15, 0.2) is 18.2 Å². The Hall–Kier alpha value is -1.27. The average Bonchev–Trinajstić information content (AvgIpc) is 2.73. The molecule has 116 valence electrons. The first-order valence-electron chi connectivity index (χ1n) is 6.85. The van der Waals surface area contributed by atoms with Crippen molar-refractivity contribution in [2.24, 2.45) is 0 Å². The minimum absolute atomic E-state index is 0.0551. The Morgan fingerprint density at radius 2 is 2.19 bits per heavy atom. The molecule has 0 spiro atoms. The van der Waals surface area contributed by atoms with E-state index < -0.39 is 9.84 Å². The van der Waals surface area contributed by atoms with E-state index in [-0.39, 0.29) is 23.5 Å². The number of halogens is 1. The molecule has 0 aliphatic carbocycles. The zero-order valence-corrected chi connectivity index (χ0v) is 13.4. The number of anilines is 1. The number of hydrogen-bond donors (Lipinski definition) is 2. The molecular formula is C14H19ClN2O3S. The highest BCUT2D eigenvalue weighted by Gasteiger charge is 2.28. The van der Waals surface area contributed by atoms with Crippen LogP contribution in [-0.4, -0.2) is 38.4 Å². The third-order valence-electron chi connectivity index (χ3n) is 3.46. The summed E-state index contributed by atoms with van der Waals surface area (Å²) in [5.41, 5.74) is 1.96. The van der Waals surface area contributed by atoms with Crippen LogP contribution in [0.25, 0.3) is 0 Å². The lowest BCUT2D eigenvalue weighted by Crippen LogP contribution is -2.36. The molecule has 1 aliphatic rings. The zero-order valence-electron chi connectivity index (χ0n) is 11.9. The van der Waals surface area contributed by atoms with Crippen LogP contribution >= 0.6 is 11.6 Å². The Labute approximate surface area is 130 Å². The molecule has 0 radical (unpaired) electrons. The summed E-state index contributed by atoms with van der Waals surface area (Å²) in [5, 5.41) is 6.57. The molecule has 1 unspecified atom stereocenters. The van der Waals surface area contributed by atoms with Gasteiger partial charge in [-0.15, -0.1) is 0 Å². The van der Waals surface area contributed by atoms with E-state index in [9.17, 15) is 13.2 Å². The van der Waals surface area contributed by atoms with Crippen molar-refractivity contribution in [3.63, 3.8) is 0 Å². The minimum atomic E-state index is -2.96. The van der Waals surface area contributed by atoms with E-state index in [1.165, 1.54) is 0 Å². The molecule has 1 aromatic rings. The second-order valence-corrected chi connectivity index (χ2v) is 7.97. The fourth-order valence-electron chi connectivity index (χ4n) is 2.30. The van der Waals surface area contributed by atoms with E-state index in [2.05, 4.69) is 10.6 Å². The lowest BCUT2D eigenvalue weighted by Gasteiger charge is -2.12. The van der Waals surface area contributed by atoms with E-state index in [1.807, 2.05) is 25.1 Å². The Morgan fingerprint density at radius 1 is 1.43 bits per heavy atom. The van der Waals surface area contributed by atoms with E-state index >= 15 is 0 Å². The lowest BCUT2D eigenvalue weighted by molar-refractivity contribution is -0.121. The highest BCUT2D eigenvalue weighted by molar-refractivity contribution is 7.91. The van der Waals surface area contributed by atoms with Crippen LogP contribution in [0, 0.1) is 6.92 Å². The predicted molar refractivity (Wildman–Crippen MR) is 84.5 cm³/mol. The van der Waals surface area contributed by atoms with Gasteiger partial charge in [0, 0.05) is 29.7 Å². The first kappa shape index (κ1) is 16.1. The number of benzene rings is 1.